The molecule has 0 aliphatic carbocycles. The lowest BCUT2D eigenvalue weighted by molar-refractivity contribution is 0.136. The fourth-order valence-corrected chi connectivity index (χ4v) is 2.21. The minimum absolute atomic E-state index is 0.244. The first-order chi connectivity index (χ1) is 8.10. The van der Waals surface area contributed by atoms with Gasteiger partial charge in [0.1, 0.15) is 5.82 Å². The van der Waals surface area contributed by atoms with E-state index in [1.54, 1.807) is 0 Å². The van der Waals surface area contributed by atoms with E-state index in [1.165, 1.54) is 0 Å². The monoisotopic (exact) mass is 236 g/mol. The fourth-order valence-electron chi connectivity index (χ4n) is 2.21. The molecule has 0 bridgehead atoms. The molecule has 94 valence electrons. The van der Waals surface area contributed by atoms with Crippen LogP contribution in [0.1, 0.15) is 19.0 Å². The lowest BCUT2D eigenvalue weighted by Gasteiger charge is -2.19. The minimum Gasteiger partial charge on any atom is -0.393 e. The molecule has 2 unspecified atom stereocenters. The van der Waals surface area contributed by atoms with Gasteiger partial charge in [0.05, 0.1) is 6.10 Å². The molecule has 1 aromatic rings. The third-order valence-electron chi connectivity index (χ3n) is 3.30. The molecule has 0 aromatic carbocycles. The maximum atomic E-state index is 9.60. The van der Waals surface area contributed by atoms with E-state index in [0.717, 1.165) is 31.0 Å². The van der Waals surface area contributed by atoms with E-state index in [9.17, 15) is 5.11 Å². The van der Waals surface area contributed by atoms with Crippen molar-refractivity contribution in [3.05, 3.63) is 11.8 Å². The highest BCUT2D eigenvalue weighted by molar-refractivity contribution is 5.45. The molecule has 1 saturated heterocycles. The summed E-state index contributed by atoms with van der Waals surface area (Å²) in [6.07, 6.45) is 0.780. The quantitative estimate of drug-likeness (QED) is 0.821. The molecule has 5 nitrogen and oxygen atoms in total. The summed E-state index contributed by atoms with van der Waals surface area (Å²) in [5, 5.41) is 12.6. The van der Waals surface area contributed by atoms with E-state index in [4.69, 9.17) is 0 Å². The molecule has 2 rings (SSSR count). The van der Waals surface area contributed by atoms with Crippen LogP contribution in [0, 0.1) is 12.8 Å². The number of rotatable bonds is 3. The molecule has 2 N–H and O–H groups in total. The van der Waals surface area contributed by atoms with Crippen LogP contribution in [-0.2, 0) is 0 Å². The standard InChI is InChI=1S/C12H20N4O/c1-8-6-11(15-12(13-3)14-8)16-5-4-10(7-16)9(2)17/h6,9-10,17H,4-5,7H2,1-3H3,(H,13,14,15). The van der Waals surface area contributed by atoms with Gasteiger partial charge in [-0.15, -0.1) is 0 Å². The van der Waals surface area contributed by atoms with Crippen molar-refractivity contribution in [2.24, 2.45) is 5.92 Å². The third-order valence-corrected chi connectivity index (χ3v) is 3.30. The van der Waals surface area contributed by atoms with Crippen LogP contribution >= 0.6 is 0 Å². The largest absolute Gasteiger partial charge is 0.393 e. The molecule has 5 heteroatoms. The van der Waals surface area contributed by atoms with Gasteiger partial charge < -0.3 is 15.3 Å². The Labute approximate surface area is 102 Å². The Morgan fingerprint density at radius 1 is 1.53 bits per heavy atom. The predicted octanol–water partition coefficient (Wildman–Crippen LogP) is 1.03. The van der Waals surface area contributed by atoms with Gasteiger partial charge in [0.2, 0.25) is 5.95 Å². The highest BCUT2D eigenvalue weighted by Gasteiger charge is 2.27. The lowest BCUT2D eigenvalue weighted by atomic mass is 10.0. The Bertz CT molecular complexity index is 394. The molecule has 17 heavy (non-hydrogen) atoms. The zero-order valence-electron chi connectivity index (χ0n) is 10.6. The summed E-state index contributed by atoms with van der Waals surface area (Å²) in [4.78, 5) is 10.9. The highest BCUT2D eigenvalue weighted by Crippen LogP contribution is 2.25. The SMILES string of the molecule is CNc1nc(C)cc(N2CCC(C(C)O)C2)n1. The van der Waals surface area contributed by atoms with Crippen molar-refractivity contribution in [3.63, 3.8) is 0 Å². The first-order valence-corrected chi connectivity index (χ1v) is 6.06. The summed E-state index contributed by atoms with van der Waals surface area (Å²) < 4.78 is 0. The fraction of sp³-hybridized carbons (Fsp3) is 0.667. The third kappa shape index (κ3) is 2.66. The summed E-state index contributed by atoms with van der Waals surface area (Å²) in [6, 6.07) is 1.99. The average molecular weight is 236 g/mol. The van der Waals surface area contributed by atoms with Gasteiger partial charge >= 0.3 is 0 Å². The van der Waals surface area contributed by atoms with Crippen molar-refractivity contribution < 1.29 is 5.11 Å². The van der Waals surface area contributed by atoms with Crippen LogP contribution in [0.3, 0.4) is 0 Å². The number of nitrogens with one attached hydrogen (secondary N) is 1. The average Bonchev–Trinajstić information content (AvgIpc) is 2.77. The van der Waals surface area contributed by atoms with E-state index in [-0.39, 0.29) is 6.10 Å². The maximum absolute atomic E-state index is 9.60. The normalized spacial score (nSPS) is 21.6. The number of hydrogen-bond acceptors (Lipinski definition) is 5. The second kappa shape index (κ2) is 4.87. The Morgan fingerprint density at radius 2 is 2.29 bits per heavy atom. The topological polar surface area (TPSA) is 61.3 Å². The molecule has 2 heterocycles. The molecular formula is C12H20N4O. The zero-order valence-corrected chi connectivity index (χ0v) is 10.6. The number of hydrogen-bond donors (Lipinski definition) is 2. The molecular weight excluding hydrogens is 216 g/mol. The van der Waals surface area contributed by atoms with E-state index < -0.39 is 0 Å². The van der Waals surface area contributed by atoms with E-state index in [0.29, 0.717) is 11.9 Å². The molecule has 1 aliphatic rings. The summed E-state index contributed by atoms with van der Waals surface area (Å²) >= 11 is 0. The van der Waals surface area contributed by atoms with Crippen LogP contribution in [0.4, 0.5) is 11.8 Å². The van der Waals surface area contributed by atoms with Gasteiger partial charge in [-0.25, -0.2) is 4.98 Å². The first-order valence-electron chi connectivity index (χ1n) is 6.06. The zero-order chi connectivity index (χ0) is 12.4. The van der Waals surface area contributed by atoms with E-state index in [1.807, 2.05) is 27.0 Å². The van der Waals surface area contributed by atoms with Crippen LogP contribution in [0.5, 0.6) is 0 Å². The Morgan fingerprint density at radius 3 is 2.88 bits per heavy atom. The van der Waals surface area contributed by atoms with Crippen LogP contribution in [0.15, 0.2) is 6.07 Å². The smallest absolute Gasteiger partial charge is 0.224 e. The maximum Gasteiger partial charge on any atom is 0.224 e. The Kier molecular flexibility index (Phi) is 3.47. The van der Waals surface area contributed by atoms with E-state index >= 15 is 0 Å². The van der Waals surface area contributed by atoms with Crippen LogP contribution in [0.2, 0.25) is 0 Å². The van der Waals surface area contributed by atoms with Crippen molar-refractivity contribution in [1.82, 2.24) is 9.97 Å². The molecule has 0 amide bonds. The number of aliphatic hydroxyl groups is 1. The van der Waals surface area contributed by atoms with Gasteiger partial charge in [0.25, 0.3) is 0 Å². The van der Waals surface area contributed by atoms with Crippen LogP contribution in [-0.4, -0.2) is 41.3 Å². The van der Waals surface area contributed by atoms with Gasteiger partial charge in [-0.05, 0) is 20.3 Å². The molecule has 1 aromatic heterocycles. The predicted molar refractivity (Wildman–Crippen MR) is 68.3 cm³/mol. The van der Waals surface area contributed by atoms with Crippen LogP contribution in [0.25, 0.3) is 0 Å². The minimum atomic E-state index is -0.244. The Balaban J connectivity index is 2.15. The second-order valence-corrected chi connectivity index (χ2v) is 4.68. The number of nitrogens with zero attached hydrogens (tertiary/aromatic N) is 3. The lowest BCUT2D eigenvalue weighted by Crippen LogP contribution is -2.25. The van der Waals surface area contributed by atoms with Crippen molar-refractivity contribution in [3.8, 4) is 0 Å². The molecule has 2 atom stereocenters. The second-order valence-electron chi connectivity index (χ2n) is 4.68. The van der Waals surface area contributed by atoms with Crippen LogP contribution < -0.4 is 10.2 Å². The molecule has 0 saturated carbocycles. The number of aromatic nitrogens is 2. The van der Waals surface area contributed by atoms with Gasteiger partial charge in [-0.1, -0.05) is 0 Å². The van der Waals surface area contributed by atoms with Gasteiger partial charge in [-0.2, -0.15) is 4.98 Å². The van der Waals surface area contributed by atoms with Gasteiger partial charge in [0, 0.05) is 37.8 Å². The van der Waals surface area contributed by atoms with Crippen molar-refractivity contribution in [2.45, 2.75) is 26.4 Å². The van der Waals surface area contributed by atoms with Gasteiger partial charge in [0.15, 0.2) is 0 Å². The van der Waals surface area contributed by atoms with Crippen molar-refractivity contribution in [2.75, 3.05) is 30.4 Å². The summed E-state index contributed by atoms with van der Waals surface area (Å²) in [5.41, 5.74) is 0.958. The van der Waals surface area contributed by atoms with Gasteiger partial charge in [-0.3, -0.25) is 0 Å². The van der Waals surface area contributed by atoms with Crippen molar-refractivity contribution in [1.29, 1.82) is 0 Å². The molecule has 1 aliphatic heterocycles. The molecule has 1 fully saturated rings. The summed E-state index contributed by atoms with van der Waals surface area (Å²) in [6.45, 7) is 5.65. The molecule has 0 spiro atoms. The summed E-state index contributed by atoms with van der Waals surface area (Å²) in [5.74, 6) is 1.95. The molecule has 0 radical (unpaired) electrons. The summed E-state index contributed by atoms with van der Waals surface area (Å²) in [7, 11) is 1.82. The Hall–Kier alpha value is -1.36. The van der Waals surface area contributed by atoms with Crippen molar-refractivity contribution >= 4 is 11.8 Å². The number of aryl methyl sites for hydroxylation is 1. The highest BCUT2D eigenvalue weighted by atomic mass is 16.3. The first kappa shape index (κ1) is 12.1. The number of anilines is 2. The van der Waals surface area contributed by atoms with E-state index in [2.05, 4.69) is 20.2 Å². The number of aliphatic hydroxyl groups excluding tert-OH is 1.